The molecule has 32 heavy (non-hydrogen) atoms. The molecule has 0 spiro atoms. The number of carboxylic acid groups (broad SMARTS) is 2. The molecule has 0 aliphatic heterocycles. The van der Waals surface area contributed by atoms with E-state index in [0.29, 0.717) is 18.4 Å². The average Bonchev–Trinajstić information content (AvgIpc) is 2.76. The Kier molecular flexibility index (Phi) is 13.6. The Morgan fingerprint density at radius 1 is 0.750 bits per heavy atom. The van der Waals surface area contributed by atoms with Crippen molar-refractivity contribution in [2.45, 2.75) is 12.8 Å². The van der Waals surface area contributed by atoms with Crippen molar-refractivity contribution in [3.63, 3.8) is 0 Å². The summed E-state index contributed by atoms with van der Waals surface area (Å²) in [4.78, 5) is 43.9. The molecule has 0 bridgehead atoms. The Morgan fingerprint density at radius 2 is 1.25 bits per heavy atom. The molecule has 0 aliphatic rings. The molecule has 0 radical (unpaired) electrons. The van der Waals surface area contributed by atoms with Crippen LogP contribution in [0.3, 0.4) is 0 Å². The highest BCUT2D eigenvalue weighted by Crippen LogP contribution is 2.22. The maximum atomic E-state index is 11.3. The minimum atomic E-state index is -1.25. The minimum Gasteiger partial charge on any atom is -0.478 e. The molecule has 1 aromatic rings. The van der Waals surface area contributed by atoms with Crippen LogP contribution in [0.25, 0.3) is 0 Å². The van der Waals surface area contributed by atoms with Gasteiger partial charge in [0.2, 0.25) is 0 Å². The molecule has 0 saturated heterocycles. The fourth-order valence-electron chi connectivity index (χ4n) is 2.35. The Morgan fingerprint density at radius 3 is 1.62 bits per heavy atom. The van der Waals surface area contributed by atoms with Crippen LogP contribution in [0, 0.1) is 0 Å². The molecule has 1 rings (SSSR count). The summed E-state index contributed by atoms with van der Waals surface area (Å²) in [6, 6.07) is 2.94. The van der Waals surface area contributed by atoms with Crippen LogP contribution in [0.4, 0.5) is 0 Å². The second-order valence-corrected chi connectivity index (χ2v) is 5.89. The monoisotopic (exact) mass is 442 g/mol. The van der Waals surface area contributed by atoms with Gasteiger partial charge in [0, 0.05) is 12.2 Å². The molecule has 1 aromatic carbocycles. The maximum Gasteiger partial charge on any atom is 0.336 e. The van der Waals surface area contributed by atoms with Gasteiger partial charge < -0.3 is 19.7 Å². The molecule has 170 valence electrons. The van der Waals surface area contributed by atoms with Gasteiger partial charge in [-0.3, -0.25) is 0 Å². The smallest absolute Gasteiger partial charge is 0.336 e. The number of carboxylic acids is 2. The van der Waals surface area contributed by atoms with Gasteiger partial charge in [0.15, 0.2) is 0 Å². The molecule has 8 heteroatoms. The zero-order chi connectivity index (χ0) is 24.5. The first-order valence-corrected chi connectivity index (χ1v) is 9.29. The van der Waals surface area contributed by atoms with Crippen LogP contribution < -0.4 is 0 Å². The third-order valence-electron chi connectivity index (χ3n) is 3.61. The second-order valence-electron chi connectivity index (χ2n) is 5.89. The van der Waals surface area contributed by atoms with Crippen molar-refractivity contribution in [1.82, 2.24) is 0 Å². The topological polar surface area (TPSA) is 127 Å². The number of carbonyl (C=O) groups excluding carboxylic acids is 2. The fourth-order valence-corrected chi connectivity index (χ4v) is 2.35. The number of hydrogen-bond acceptors (Lipinski definition) is 6. The molecular formula is C24H26O8. The van der Waals surface area contributed by atoms with E-state index in [0.717, 1.165) is 17.7 Å². The molecule has 0 heterocycles. The highest BCUT2D eigenvalue weighted by Gasteiger charge is 2.21. The van der Waals surface area contributed by atoms with Crippen LogP contribution in [0.1, 0.15) is 31.8 Å². The van der Waals surface area contributed by atoms with Gasteiger partial charge >= 0.3 is 23.9 Å². The van der Waals surface area contributed by atoms with E-state index in [2.05, 4.69) is 35.8 Å². The first-order chi connectivity index (χ1) is 15.2. The van der Waals surface area contributed by atoms with Gasteiger partial charge in [0.25, 0.3) is 0 Å². The summed E-state index contributed by atoms with van der Waals surface area (Å²) in [6.45, 7) is 14.1. The highest BCUT2D eigenvalue weighted by molar-refractivity contribution is 6.03. The summed E-state index contributed by atoms with van der Waals surface area (Å²) in [5.41, 5.74) is 0.874. The first-order valence-electron chi connectivity index (χ1n) is 9.29. The van der Waals surface area contributed by atoms with Crippen molar-refractivity contribution >= 4 is 23.9 Å². The number of ether oxygens (including phenoxy) is 2. The van der Waals surface area contributed by atoms with E-state index >= 15 is 0 Å². The molecule has 0 amide bonds. The molecule has 8 nitrogen and oxygen atoms in total. The predicted octanol–water partition coefficient (Wildman–Crippen LogP) is 3.54. The highest BCUT2D eigenvalue weighted by atomic mass is 16.5. The van der Waals surface area contributed by atoms with E-state index < -0.39 is 23.9 Å². The van der Waals surface area contributed by atoms with Gasteiger partial charge in [0.1, 0.15) is 13.2 Å². The summed E-state index contributed by atoms with van der Waals surface area (Å²) in [5, 5.41) is 18.2. The third-order valence-corrected chi connectivity index (χ3v) is 3.61. The van der Waals surface area contributed by atoms with Crippen LogP contribution >= 0.6 is 0 Å². The van der Waals surface area contributed by atoms with E-state index in [-0.39, 0.29) is 24.3 Å². The maximum absolute atomic E-state index is 11.3. The van der Waals surface area contributed by atoms with Gasteiger partial charge in [-0.1, -0.05) is 43.5 Å². The molecular weight excluding hydrogens is 416 g/mol. The fraction of sp³-hybridized carbons (Fsp3) is 0.167. The summed E-state index contributed by atoms with van der Waals surface area (Å²) in [7, 11) is 0. The molecule has 0 atom stereocenters. The number of hydrogen-bond donors (Lipinski definition) is 2. The normalized spacial score (nSPS) is 9.62. The van der Waals surface area contributed by atoms with E-state index in [1.165, 1.54) is 18.2 Å². The SMILES string of the molecule is C=CCOC(=O)/C=C\C(=O)OCC=C.C=CCc1ccc(C(=O)O)c(C(=O)O)c1CC=C. The van der Waals surface area contributed by atoms with Crippen LogP contribution in [0.2, 0.25) is 0 Å². The number of esters is 2. The lowest BCUT2D eigenvalue weighted by Gasteiger charge is -2.12. The minimum absolute atomic E-state index is 0.116. The molecule has 0 unspecified atom stereocenters. The number of rotatable bonds is 12. The Balaban J connectivity index is 0.000000622. The largest absolute Gasteiger partial charge is 0.478 e. The molecule has 2 N–H and O–H groups in total. The Labute approximate surface area is 186 Å². The van der Waals surface area contributed by atoms with Crippen LogP contribution in [-0.4, -0.2) is 47.3 Å². The number of allylic oxidation sites excluding steroid dienone is 2. The lowest BCUT2D eigenvalue weighted by atomic mass is 9.92. The van der Waals surface area contributed by atoms with Gasteiger partial charge in [-0.15, -0.1) is 13.2 Å². The molecule has 0 aliphatic carbocycles. The lowest BCUT2D eigenvalue weighted by molar-refractivity contribution is -0.139. The Hall–Kier alpha value is -4.20. The van der Waals surface area contributed by atoms with Crippen LogP contribution in [-0.2, 0) is 31.9 Å². The van der Waals surface area contributed by atoms with Crippen LogP contribution in [0.5, 0.6) is 0 Å². The summed E-state index contributed by atoms with van der Waals surface area (Å²) >= 11 is 0. The first kappa shape index (κ1) is 27.8. The van der Waals surface area contributed by atoms with Crippen molar-refractivity contribution in [1.29, 1.82) is 0 Å². The molecule has 0 fully saturated rings. The van der Waals surface area contributed by atoms with Crippen molar-refractivity contribution in [2.24, 2.45) is 0 Å². The summed E-state index contributed by atoms with van der Waals surface area (Å²) in [6.07, 6.45) is 8.86. The van der Waals surface area contributed by atoms with Gasteiger partial charge in [-0.05, 0) is 30.0 Å². The van der Waals surface area contributed by atoms with E-state index in [1.54, 1.807) is 18.2 Å². The van der Waals surface area contributed by atoms with Gasteiger partial charge in [-0.25, -0.2) is 19.2 Å². The number of aromatic carboxylic acids is 2. The molecule has 0 saturated carbocycles. The lowest BCUT2D eigenvalue weighted by Crippen LogP contribution is -2.13. The quantitative estimate of drug-likeness (QED) is 0.286. The van der Waals surface area contributed by atoms with Crippen molar-refractivity contribution < 1.29 is 38.9 Å². The van der Waals surface area contributed by atoms with Gasteiger partial charge in [0.05, 0.1) is 11.1 Å². The van der Waals surface area contributed by atoms with E-state index in [1.807, 2.05) is 0 Å². The van der Waals surface area contributed by atoms with Crippen molar-refractivity contribution in [3.8, 4) is 0 Å². The van der Waals surface area contributed by atoms with Gasteiger partial charge in [-0.2, -0.15) is 0 Å². The second kappa shape index (κ2) is 15.6. The standard InChI is InChI=1S/C14H14O4.C10H12O4/c1-3-5-9-7-8-11(13(15)16)12(14(17)18)10(9)6-4-2;1-3-7-13-9(11)5-6-10(12)14-8-4-2/h3-4,7-8H,1-2,5-6H2,(H,15,16)(H,17,18);3-6H,1-2,7-8H2/b;6-5-. The summed E-state index contributed by atoms with van der Waals surface area (Å²) < 4.78 is 9.15. The predicted molar refractivity (Wildman–Crippen MR) is 120 cm³/mol. The summed E-state index contributed by atoms with van der Waals surface area (Å²) in [5.74, 6) is -3.71. The third kappa shape index (κ3) is 10.0. The zero-order valence-electron chi connectivity index (χ0n) is 17.6. The van der Waals surface area contributed by atoms with Crippen molar-refractivity contribution in [3.05, 3.63) is 97.2 Å². The van der Waals surface area contributed by atoms with Crippen LogP contribution in [0.15, 0.2) is 74.9 Å². The Bertz CT molecular complexity index is 883. The molecule has 0 aromatic heterocycles. The van der Waals surface area contributed by atoms with E-state index in [9.17, 15) is 24.3 Å². The van der Waals surface area contributed by atoms with E-state index in [4.69, 9.17) is 5.11 Å². The number of carbonyl (C=O) groups is 4. The zero-order valence-corrected chi connectivity index (χ0v) is 17.6. The van der Waals surface area contributed by atoms with Crippen molar-refractivity contribution in [2.75, 3.05) is 13.2 Å². The number of benzene rings is 1. The average molecular weight is 442 g/mol.